The molecule has 0 radical (unpaired) electrons. The molecule has 0 heterocycles. The van der Waals surface area contributed by atoms with E-state index in [1.165, 1.54) is 0 Å². The first kappa shape index (κ1) is 14.3. The topological polar surface area (TPSA) is 67.4 Å². The molecule has 0 bridgehead atoms. The fourth-order valence-corrected chi connectivity index (χ4v) is 1.45. The summed E-state index contributed by atoms with van der Waals surface area (Å²) in [5, 5.41) is 4.72. The molecule has 5 nitrogen and oxygen atoms in total. The molecule has 0 aliphatic rings. The minimum absolute atomic E-state index is 0.0993. The van der Waals surface area contributed by atoms with E-state index in [2.05, 4.69) is 10.6 Å². The van der Waals surface area contributed by atoms with Gasteiger partial charge in [0.2, 0.25) is 5.91 Å². The number of ether oxygens (including phenoxy) is 1. The average molecular weight is 271 g/mol. The monoisotopic (exact) mass is 270 g/mol. The van der Waals surface area contributed by atoms with Gasteiger partial charge < -0.3 is 10.1 Å². The third-order valence-electron chi connectivity index (χ3n) is 2.01. The Morgan fingerprint density at radius 2 is 2.06 bits per heavy atom. The highest BCUT2D eigenvalue weighted by atomic mass is 35.5. The van der Waals surface area contributed by atoms with Crippen molar-refractivity contribution in [3.63, 3.8) is 0 Å². The van der Waals surface area contributed by atoms with Crippen LogP contribution >= 0.6 is 11.6 Å². The van der Waals surface area contributed by atoms with Crippen molar-refractivity contribution in [1.82, 2.24) is 5.32 Å². The van der Waals surface area contributed by atoms with Gasteiger partial charge in [-0.15, -0.1) is 11.6 Å². The van der Waals surface area contributed by atoms with Crippen LogP contribution in [0.3, 0.4) is 0 Å². The number of para-hydroxylation sites is 2. The van der Waals surface area contributed by atoms with E-state index >= 15 is 0 Å². The SMILES string of the molecule is CCOc1ccccc1NC(=O)NC(=O)CCCl. The van der Waals surface area contributed by atoms with Gasteiger partial charge in [0.15, 0.2) is 0 Å². The number of rotatable bonds is 5. The van der Waals surface area contributed by atoms with Gasteiger partial charge in [0.25, 0.3) is 0 Å². The lowest BCUT2D eigenvalue weighted by molar-refractivity contribution is -0.119. The van der Waals surface area contributed by atoms with E-state index in [0.717, 1.165) is 0 Å². The number of carbonyl (C=O) groups is 2. The molecule has 2 N–H and O–H groups in total. The van der Waals surface area contributed by atoms with Crippen molar-refractivity contribution >= 4 is 29.2 Å². The lowest BCUT2D eigenvalue weighted by atomic mass is 10.3. The predicted molar refractivity (Wildman–Crippen MR) is 70.1 cm³/mol. The molecule has 0 aromatic heterocycles. The van der Waals surface area contributed by atoms with Crippen LogP contribution in [0.2, 0.25) is 0 Å². The second-order valence-electron chi connectivity index (χ2n) is 3.37. The Kier molecular flexibility index (Phi) is 6.00. The molecule has 1 aromatic rings. The lowest BCUT2D eigenvalue weighted by Crippen LogP contribution is -2.34. The van der Waals surface area contributed by atoms with Crippen molar-refractivity contribution in [2.24, 2.45) is 0 Å². The lowest BCUT2D eigenvalue weighted by Gasteiger charge is -2.11. The number of alkyl halides is 1. The number of benzene rings is 1. The summed E-state index contributed by atoms with van der Waals surface area (Å²) >= 11 is 5.39. The van der Waals surface area contributed by atoms with E-state index < -0.39 is 11.9 Å². The number of hydrogen-bond donors (Lipinski definition) is 2. The molecule has 0 fully saturated rings. The zero-order valence-corrected chi connectivity index (χ0v) is 10.8. The fourth-order valence-electron chi connectivity index (χ4n) is 1.28. The van der Waals surface area contributed by atoms with Crippen molar-refractivity contribution < 1.29 is 14.3 Å². The number of carbonyl (C=O) groups excluding carboxylic acids is 2. The minimum atomic E-state index is -0.600. The second-order valence-corrected chi connectivity index (χ2v) is 3.75. The fraction of sp³-hybridized carbons (Fsp3) is 0.333. The highest BCUT2D eigenvalue weighted by Crippen LogP contribution is 2.23. The van der Waals surface area contributed by atoms with Gasteiger partial charge in [-0.3, -0.25) is 10.1 Å². The molecule has 0 atom stereocenters. The molecule has 18 heavy (non-hydrogen) atoms. The predicted octanol–water partition coefficient (Wildman–Crippen LogP) is 2.36. The quantitative estimate of drug-likeness (QED) is 0.807. The molecular weight excluding hydrogens is 256 g/mol. The summed E-state index contributed by atoms with van der Waals surface area (Å²) in [4.78, 5) is 22.7. The van der Waals surface area contributed by atoms with Gasteiger partial charge in [-0.25, -0.2) is 4.79 Å². The van der Waals surface area contributed by atoms with E-state index in [9.17, 15) is 9.59 Å². The van der Waals surface area contributed by atoms with Crippen molar-refractivity contribution in [2.45, 2.75) is 13.3 Å². The zero-order valence-electron chi connectivity index (χ0n) is 10.0. The van der Waals surface area contributed by atoms with Gasteiger partial charge in [-0.05, 0) is 19.1 Å². The number of halogens is 1. The number of hydrogen-bond acceptors (Lipinski definition) is 3. The van der Waals surface area contributed by atoms with Crippen LogP contribution in [0.4, 0.5) is 10.5 Å². The summed E-state index contributed by atoms with van der Waals surface area (Å²) in [7, 11) is 0. The third kappa shape index (κ3) is 4.63. The largest absolute Gasteiger partial charge is 0.492 e. The Labute approximate surface area is 110 Å². The number of amides is 3. The molecule has 1 rings (SSSR count). The molecule has 0 saturated carbocycles. The molecular formula is C12H15ClN2O3. The summed E-state index contributed by atoms with van der Waals surface area (Å²) in [5.41, 5.74) is 0.510. The van der Waals surface area contributed by atoms with Crippen molar-refractivity contribution in [1.29, 1.82) is 0 Å². The van der Waals surface area contributed by atoms with E-state index in [1.54, 1.807) is 24.3 Å². The van der Waals surface area contributed by atoms with Gasteiger partial charge >= 0.3 is 6.03 Å². The van der Waals surface area contributed by atoms with E-state index in [0.29, 0.717) is 18.0 Å². The molecule has 0 spiro atoms. The van der Waals surface area contributed by atoms with Crippen molar-refractivity contribution in [3.05, 3.63) is 24.3 Å². The first-order chi connectivity index (χ1) is 8.67. The van der Waals surface area contributed by atoms with Crippen molar-refractivity contribution in [2.75, 3.05) is 17.8 Å². The Hall–Kier alpha value is -1.75. The molecule has 0 aliphatic carbocycles. The highest BCUT2D eigenvalue weighted by molar-refractivity contribution is 6.19. The van der Waals surface area contributed by atoms with Gasteiger partial charge in [0.1, 0.15) is 5.75 Å². The van der Waals surface area contributed by atoms with Gasteiger partial charge in [0.05, 0.1) is 12.3 Å². The zero-order chi connectivity index (χ0) is 13.4. The summed E-state index contributed by atoms with van der Waals surface area (Å²) < 4.78 is 5.34. The number of anilines is 1. The molecule has 0 unspecified atom stereocenters. The maximum absolute atomic E-state index is 11.5. The molecule has 6 heteroatoms. The Balaban J connectivity index is 2.61. The molecule has 0 aliphatic heterocycles. The Morgan fingerprint density at radius 1 is 1.33 bits per heavy atom. The first-order valence-electron chi connectivity index (χ1n) is 5.56. The van der Waals surface area contributed by atoms with Crippen LogP contribution in [0, 0.1) is 0 Å². The molecule has 1 aromatic carbocycles. The van der Waals surface area contributed by atoms with Crippen LogP contribution in [0.1, 0.15) is 13.3 Å². The van der Waals surface area contributed by atoms with Crippen LogP contribution in [0.25, 0.3) is 0 Å². The van der Waals surface area contributed by atoms with Gasteiger partial charge in [0, 0.05) is 12.3 Å². The van der Waals surface area contributed by atoms with Crippen LogP contribution in [0.15, 0.2) is 24.3 Å². The van der Waals surface area contributed by atoms with E-state index in [-0.39, 0.29) is 12.3 Å². The Morgan fingerprint density at radius 3 is 2.72 bits per heavy atom. The third-order valence-corrected chi connectivity index (χ3v) is 2.20. The minimum Gasteiger partial charge on any atom is -0.492 e. The summed E-state index contributed by atoms with van der Waals surface area (Å²) in [6.45, 7) is 2.34. The number of nitrogens with one attached hydrogen (secondary N) is 2. The first-order valence-corrected chi connectivity index (χ1v) is 6.09. The summed E-state index contributed by atoms with van der Waals surface area (Å²) in [6.07, 6.45) is 0.0993. The van der Waals surface area contributed by atoms with Crippen molar-refractivity contribution in [3.8, 4) is 5.75 Å². The maximum atomic E-state index is 11.5. The van der Waals surface area contributed by atoms with Crippen LogP contribution in [-0.2, 0) is 4.79 Å². The molecule has 0 saturated heterocycles. The maximum Gasteiger partial charge on any atom is 0.325 e. The standard InChI is InChI=1S/C12H15ClN2O3/c1-2-18-10-6-4-3-5-9(10)14-12(17)15-11(16)7-8-13/h3-6H,2,7-8H2,1H3,(H2,14,15,16,17). The smallest absolute Gasteiger partial charge is 0.325 e. The summed E-state index contributed by atoms with van der Waals surface area (Å²) in [5.74, 6) is 0.311. The molecule has 98 valence electrons. The molecule has 3 amide bonds. The van der Waals surface area contributed by atoms with Gasteiger partial charge in [-0.1, -0.05) is 12.1 Å². The summed E-state index contributed by atoms with van der Waals surface area (Å²) in [6, 6.07) is 6.39. The van der Waals surface area contributed by atoms with Gasteiger partial charge in [-0.2, -0.15) is 0 Å². The van der Waals surface area contributed by atoms with Crippen LogP contribution < -0.4 is 15.4 Å². The number of imide groups is 1. The second kappa shape index (κ2) is 7.55. The van der Waals surface area contributed by atoms with E-state index in [1.807, 2.05) is 6.92 Å². The average Bonchev–Trinajstić information content (AvgIpc) is 2.32. The Bertz CT molecular complexity index is 424. The highest BCUT2D eigenvalue weighted by Gasteiger charge is 2.09. The normalized spacial score (nSPS) is 9.67. The van der Waals surface area contributed by atoms with Crippen LogP contribution in [0.5, 0.6) is 5.75 Å². The van der Waals surface area contributed by atoms with E-state index in [4.69, 9.17) is 16.3 Å². The van der Waals surface area contributed by atoms with Crippen LogP contribution in [-0.4, -0.2) is 24.4 Å². The number of urea groups is 1.